The Morgan fingerprint density at radius 1 is 0.914 bits per heavy atom. The van der Waals surface area contributed by atoms with Crippen molar-refractivity contribution in [1.29, 1.82) is 0 Å². The van der Waals surface area contributed by atoms with Crippen LogP contribution in [0.15, 0.2) is 18.2 Å². The number of rotatable bonds is 18. The van der Waals surface area contributed by atoms with E-state index < -0.39 is 17.4 Å². The summed E-state index contributed by atoms with van der Waals surface area (Å²) >= 11 is 0. The van der Waals surface area contributed by atoms with Crippen molar-refractivity contribution in [2.24, 2.45) is 23.0 Å². The minimum atomic E-state index is -0.669. The lowest BCUT2D eigenvalue weighted by atomic mass is 9.65. The van der Waals surface area contributed by atoms with E-state index in [0.29, 0.717) is 13.2 Å². The van der Waals surface area contributed by atoms with E-state index >= 15 is 0 Å². The Bertz CT molecular complexity index is 771. The van der Waals surface area contributed by atoms with Gasteiger partial charge in [-0.2, -0.15) is 0 Å². The molecule has 3 N–H and O–H groups in total. The second-order valence-corrected chi connectivity index (χ2v) is 10.0. The number of methoxy groups -OCH3 is 2. The molecule has 0 saturated carbocycles. The molecule has 0 unspecified atom stereocenters. The molecule has 0 fully saturated rings. The topological polar surface area (TPSA) is 99.9 Å². The molecule has 0 spiro atoms. The Labute approximate surface area is 212 Å². The number of unbranched alkanes of at least 4 members (excludes halogenated alkanes) is 3. The first-order valence-corrected chi connectivity index (χ1v) is 13.0. The fourth-order valence-corrected chi connectivity index (χ4v) is 4.76. The van der Waals surface area contributed by atoms with Gasteiger partial charge < -0.3 is 25.3 Å². The number of primary amides is 1. The number of nitrogens with two attached hydrogens (primary N) is 1. The van der Waals surface area contributed by atoms with Crippen LogP contribution in [0, 0.1) is 17.3 Å². The highest BCUT2D eigenvalue weighted by Crippen LogP contribution is 2.41. The molecular formula is C28H48N2O5. The van der Waals surface area contributed by atoms with E-state index in [1.807, 2.05) is 6.07 Å². The number of hydrogen-bond donors (Lipinski definition) is 2. The highest BCUT2D eigenvalue weighted by atomic mass is 16.5. The SMILES string of the molecule is COCCCOc1cc(CCCCCCC(C(=O)N[C@@H](C)C(N)=O)(C(C)C)C(C)C)ccc1OC. The van der Waals surface area contributed by atoms with Gasteiger partial charge in [-0.05, 0) is 55.7 Å². The quantitative estimate of drug-likeness (QED) is 0.284. The van der Waals surface area contributed by atoms with Crippen molar-refractivity contribution in [1.82, 2.24) is 5.32 Å². The molecule has 1 aromatic carbocycles. The second kappa shape index (κ2) is 15.7. The van der Waals surface area contributed by atoms with Crippen molar-refractivity contribution in [3.05, 3.63) is 23.8 Å². The highest BCUT2D eigenvalue weighted by molar-refractivity contribution is 5.89. The van der Waals surface area contributed by atoms with Gasteiger partial charge in [0, 0.05) is 20.1 Å². The molecule has 2 amide bonds. The lowest BCUT2D eigenvalue weighted by Crippen LogP contribution is -2.53. The van der Waals surface area contributed by atoms with Gasteiger partial charge in [0.2, 0.25) is 11.8 Å². The van der Waals surface area contributed by atoms with Crippen molar-refractivity contribution in [2.45, 2.75) is 85.6 Å². The van der Waals surface area contributed by atoms with E-state index in [9.17, 15) is 9.59 Å². The molecule has 0 aromatic heterocycles. The number of ether oxygens (including phenoxy) is 3. The summed E-state index contributed by atoms with van der Waals surface area (Å²) in [6, 6.07) is 5.45. The normalized spacial score (nSPS) is 12.6. The summed E-state index contributed by atoms with van der Waals surface area (Å²) in [5.41, 5.74) is 6.08. The van der Waals surface area contributed by atoms with Crippen molar-refractivity contribution in [2.75, 3.05) is 27.4 Å². The predicted octanol–water partition coefficient (Wildman–Crippen LogP) is 4.89. The molecule has 1 atom stereocenters. The highest BCUT2D eigenvalue weighted by Gasteiger charge is 2.44. The van der Waals surface area contributed by atoms with E-state index in [2.05, 4.69) is 45.1 Å². The minimum absolute atomic E-state index is 0.0648. The van der Waals surface area contributed by atoms with Crippen molar-refractivity contribution >= 4 is 11.8 Å². The Morgan fingerprint density at radius 2 is 1.57 bits per heavy atom. The largest absolute Gasteiger partial charge is 0.493 e. The summed E-state index contributed by atoms with van der Waals surface area (Å²) in [5.74, 6) is 1.25. The van der Waals surface area contributed by atoms with Crippen LogP contribution in [0.1, 0.15) is 78.7 Å². The zero-order valence-electron chi connectivity index (χ0n) is 22.9. The molecule has 7 nitrogen and oxygen atoms in total. The van der Waals surface area contributed by atoms with E-state index in [1.54, 1.807) is 21.1 Å². The van der Waals surface area contributed by atoms with Gasteiger partial charge in [-0.1, -0.05) is 53.0 Å². The van der Waals surface area contributed by atoms with Crippen LogP contribution in [-0.2, 0) is 20.7 Å². The van der Waals surface area contributed by atoms with E-state index in [0.717, 1.165) is 56.4 Å². The Kier molecular flexibility index (Phi) is 13.8. The number of carbonyl (C=O) groups is 2. The Hall–Kier alpha value is -2.28. The Morgan fingerprint density at radius 3 is 2.14 bits per heavy atom. The maximum atomic E-state index is 13.2. The number of aryl methyl sites for hydroxylation is 1. The van der Waals surface area contributed by atoms with Gasteiger partial charge in [0.1, 0.15) is 6.04 Å². The average molecular weight is 493 g/mol. The fraction of sp³-hybridized carbons (Fsp3) is 0.714. The third-order valence-corrected chi connectivity index (χ3v) is 7.04. The van der Waals surface area contributed by atoms with Crippen molar-refractivity contribution in [3.8, 4) is 11.5 Å². The molecule has 0 aliphatic heterocycles. The van der Waals surface area contributed by atoms with Gasteiger partial charge in [-0.3, -0.25) is 9.59 Å². The number of carbonyl (C=O) groups excluding carboxylic acids is 2. The summed E-state index contributed by atoms with van der Waals surface area (Å²) in [6.45, 7) is 11.3. The standard InChI is InChI=1S/C28H48N2O5/c1-20(2)28(21(3)4,27(32)30-22(5)26(29)31)16-11-9-8-10-13-23-14-15-24(34-7)25(19-23)35-18-12-17-33-6/h14-15,19-22H,8-13,16-18H2,1-7H3,(H2,29,31)(H,30,32)/t22-/m0/s1. The lowest BCUT2D eigenvalue weighted by Gasteiger charge is -2.40. The molecular weight excluding hydrogens is 444 g/mol. The average Bonchev–Trinajstić information content (AvgIpc) is 2.80. The van der Waals surface area contributed by atoms with Crippen LogP contribution in [0.4, 0.5) is 0 Å². The Balaban J connectivity index is 2.62. The van der Waals surface area contributed by atoms with Crippen LogP contribution >= 0.6 is 0 Å². The molecule has 1 aromatic rings. The third-order valence-electron chi connectivity index (χ3n) is 7.04. The monoisotopic (exact) mass is 492 g/mol. The lowest BCUT2D eigenvalue weighted by molar-refractivity contribution is -0.140. The van der Waals surface area contributed by atoms with Crippen LogP contribution in [0.5, 0.6) is 11.5 Å². The molecule has 1 rings (SSSR count). The number of benzene rings is 1. The summed E-state index contributed by atoms with van der Waals surface area (Å²) in [5, 5.41) is 2.85. The first-order valence-electron chi connectivity index (χ1n) is 13.0. The fourth-order valence-electron chi connectivity index (χ4n) is 4.76. The van der Waals surface area contributed by atoms with Crippen molar-refractivity contribution in [3.63, 3.8) is 0 Å². The van der Waals surface area contributed by atoms with Gasteiger partial charge in [0.05, 0.1) is 19.1 Å². The summed E-state index contributed by atoms with van der Waals surface area (Å²) in [7, 11) is 3.34. The van der Waals surface area contributed by atoms with Crippen LogP contribution < -0.4 is 20.5 Å². The summed E-state index contributed by atoms with van der Waals surface area (Å²) in [4.78, 5) is 24.7. The van der Waals surface area contributed by atoms with Crippen LogP contribution in [0.2, 0.25) is 0 Å². The van der Waals surface area contributed by atoms with Gasteiger partial charge in [-0.25, -0.2) is 0 Å². The first kappa shape index (κ1) is 30.8. The zero-order valence-corrected chi connectivity index (χ0v) is 22.9. The molecule has 0 heterocycles. The molecule has 7 heteroatoms. The molecule has 200 valence electrons. The molecule has 35 heavy (non-hydrogen) atoms. The molecule has 0 saturated heterocycles. The molecule has 0 aliphatic rings. The van der Waals surface area contributed by atoms with E-state index in [1.165, 1.54) is 5.56 Å². The smallest absolute Gasteiger partial charge is 0.239 e. The van der Waals surface area contributed by atoms with Crippen molar-refractivity contribution < 1.29 is 23.8 Å². The van der Waals surface area contributed by atoms with Crippen LogP contribution in [0.3, 0.4) is 0 Å². The maximum Gasteiger partial charge on any atom is 0.239 e. The predicted molar refractivity (Wildman–Crippen MR) is 141 cm³/mol. The number of amides is 2. The van der Waals surface area contributed by atoms with Gasteiger partial charge in [0.25, 0.3) is 0 Å². The zero-order chi connectivity index (χ0) is 26.4. The summed E-state index contributed by atoms with van der Waals surface area (Å²) in [6.07, 6.45) is 6.76. The van der Waals surface area contributed by atoms with Gasteiger partial charge in [-0.15, -0.1) is 0 Å². The van der Waals surface area contributed by atoms with Gasteiger partial charge in [0.15, 0.2) is 11.5 Å². The van der Waals surface area contributed by atoms with E-state index in [-0.39, 0.29) is 17.7 Å². The summed E-state index contributed by atoms with van der Waals surface area (Å²) < 4.78 is 16.4. The van der Waals surface area contributed by atoms with Crippen LogP contribution in [-0.4, -0.2) is 45.3 Å². The minimum Gasteiger partial charge on any atom is -0.493 e. The molecule has 0 radical (unpaired) electrons. The first-order chi connectivity index (χ1) is 16.6. The number of nitrogens with one attached hydrogen (secondary N) is 1. The molecule has 0 bridgehead atoms. The van der Waals surface area contributed by atoms with Crippen LogP contribution in [0.25, 0.3) is 0 Å². The third kappa shape index (κ3) is 9.36. The van der Waals surface area contributed by atoms with Gasteiger partial charge >= 0.3 is 0 Å². The maximum absolute atomic E-state index is 13.2. The second-order valence-electron chi connectivity index (χ2n) is 10.0. The number of hydrogen-bond acceptors (Lipinski definition) is 5. The van der Waals surface area contributed by atoms with E-state index in [4.69, 9.17) is 19.9 Å². The molecule has 0 aliphatic carbocycles.